The van der Waals surface area contributed by atoms with Crippen molar-refractivity contribution in [2.24, 2.45) is 0 Å². The second-order valence-corrected chi connectivity index (χ2v) is 6.20. The first-order chi connectivity index (χ1) is 9.84. The average Bonchev–Trinajstić information content (AvgIpc) is 2.72. The van der Waals surface area contributed by atoms with E-state index in [0.717, 1.165) is 12.1 Å². The molecule has 2 unspecified atom stereocenters. The molecule has 116 valence electrons. The van der Waals surface area contributed by atoms with Gasteiger partial charge in [0.15, 0.2) is 0 Å². The molecule has 7 heteroatoms. The van der Waals surface area contributed by atoms with E-state index in [9.17, 15) is 18.0 Å². The van der Waals surface area contributed by atoms with E-state index in [-0.39, 0.29) is 16.5 Å². The van der Waals surface area contributed by atoms with Crippen molar-refractivity contribution in [3.05, 3.63) is 35.4 Å². The van der Waals surface area contributed by atoms with Crippen LogP contribution in [0.2, 0.25) is 0 Å². The van der Waals surface area contributed by atoms with Crippen molar-refractivity contribution in [1.82, 2.24) is 4.90 Å². The number of hydrogen-bond acceptors (Lipinski definition) is 3. The molecule has 1 heterocycles. The summed E-state index contributed by atoms with van der Waals surface area (Å²) >= 11 is 1.44. The lowest BCUT2D eigenvalue weighted by atomic mass is 10.1. The van der Waals surface area contributed by atoms with Gasteiger partial charge in [-0.25, -0.2) is 0 Å². The number of thioether (sulfide) groups is 1. The van der Waals surface area contributed by atoms with Crippen molar-refractivity contribution in [1.29, 1.82) is 0 Å². The van der Waals surface area contributed by atoms with Crippen LogP contribution in [0.3, 0.4) is 0 Å². The van der Waals surface area contributed by atoms with Crippen LogP contribution in [0.4, 0.5) is 13.2 Å². The van der Waals surface area contributed by atoms with E-state index < -0.39 is 11.7 Å². The highest BCUT2D eigenvalue weighted by atomic mass is 32.2. The molecule has 1 aliphatic heterocycles. The maximum absolute atomic E-state index is 12.6. The van der Waals surface area contributed by atoms with Gasteiger partial charge in [0, 0.05) is 13.7 Å². The predicted octanol–water partition coefficient (Wildman–Crippen LogP) is 3.31. The van der Waals surface area contributed by atoms with Gasteiger partial charge >= 0.3 is 6.18 Å². The van der Waals surface area contributed by atoms with Gasteiger partial charge < -0.3 is 9.64 Å². The molecule has 1 aromatic carbocycles. The summed E-state index contributed by atoms with van der Waals surface area (Å²) in [6.07, 6.45) is -4.35. The lowest BCUT2D eigenvalue weighted by Gasteiger charge is -2.24. The molecule has 0 saturated carbocycles. The van der Waals surface area contributed by atoms with Crippen molar-refractivity contribution in [2.75, 3.05) is 20.3 Å². The summed E-state index contributed by atoms with van der Waals surface area (Å²) in [5.74, 6) is -0.0121. The summed E-state index contributed by atoms with van der Waals surface area (Å²) in [6, 6.07) is 4.98. The largest absolute Gasteiger partial charge is 0.416 e. The van der Waals surface area contributed by atoms with E-state index in [1.807, 2.05) is 0 Å². The third kappa shape index (κ3) is 3.52. The van der Waals surface area contributed by atoms with Crippen LogP contribution in [-0.2, 0) is 15.7 Å². The Balaban J connectivity index is 2.21. The third-order valence-corrected chi connectivity index (χ3v) is 4.70. The SMILES string of the molecule is COCCN1C(=O)C(C)SC1c1ccc(C(F)(F)F)cc1. The van der Waals surface area contributed by atoms with Gasteiger partial charge in [-0.3, -0.25) is 4.79 Å². The smallest absolute Gasteiger partial charge is 0.383 e. The molecule has 0 bridgehead atoms. The highest BCUT2D eigenvalue weighted by Crippen LogP contribution is 2.43. The Morgan fingerprint density at radius 3 is 2.43 bits per heavy atom. The molecule has 2 atom stereocenters. The fraction of sp³-hybridized carbons (Fsp3) is 0.500. The van der Waals surface area contributed by atoms with Gasteiger partial charge in [0.05, 0.1) is 17.4 Å². The molecule has 3 nitrogen and oxygen atoms in total. The zero-order chi connectivity index (χ0) is 15.6. The molecule has 21 heavy (non-hydrogen) atoms. The topological polar surface area (TPSA) is 29.5 Å². The van der Waals surface area contributed by atoms with Crippen LogP contribution < -0.4 is 0 Å². The molecule has 0 spiro atoms. The first kappa shape index (κ1) is 16.2. The zero-order valence-electron chi connectivity index (χ0n) is 11.7. The Hall–Kier alpha value is -1.21. The minimum atomic E-state index is -4.35. The van der Waals surface area contributed by atoms with Crippen LogP contribution in [0.5, 0.6) is 0 Å². The Morgan fingerprint density at radius 2 is 1.90 bits per heavy atom. The number of amides is 1. The molecule has 1 saturated heterocycles. The highest BCUT2D eigenvalue weighted by Gasteiger charge is 2.38. The Kier molecular flexibility index (Phi) is 4.83. The Morgan fingerprint density at radius 1 is 1.29 bits per heavy atom. The number of nitrogens with zero attached hydrogens (tertiary/aromatic N) is 1. The number of rotatable bonds is 4. The number of carbonyl (C=O) groups is 1. The molecule has 0 aromatic heterocycles. The van der Waals surface area contributed by atoms with E-state index >= 15 is 0 Å². The van der Waals surface area contributed by atoms with Gasteiger partial charge in [-0.2, -0.15) is 13.2 Å². The summed E-state index contributed by atoms with van der Waals surface area (Å²) in [4.78, 5) is 13.7. The highest BCUT2D eigenvalue weighted by molar-refractivity contribution is 8.01. The zero-order valence-corrected chi connectivity index (χ0v) is 12.5. The molecule has 2 rings (SSSR count). The van der Waals surface area contributed by atoms with E-state index in [0.29, 0.717) is 18.7 Å². The van der Waals surface area contributed by atoms with Gasteiger partial charge in [-0.1, -0.05) is 12.1 Å². The van der Waals surface area contributed by atoms with Gasteiger partial charge in [-0.15, -0.1) is 11.8 Å². The lowest BCUT2D eigenvalue weighted by molar-refractivity contribution is -0.137. The van der Waals surface area contributed by atoms with Crippen molar-refractivity contribution in [2.45, 2.75) is 23.7 Å². The fourth-order valence-electron chi connectivity index (χ4n) is 2.19. The number of methoxy groups -OCH3 is 1. The molecule has 1 amide bonds. The Bertz CT molecular complexity index is 504. The summed E-state index contributed by atoms with van der Waals surface area (Å²) in [7, 11) is 1.55. The average molecular weight is 319 g/mol. The molecular weight excluding hydrogens is 303 g/mol. The van der Waals surface area contributed by atoms with Crippen molar-refractivity contribution >= 4 is 17.7 Å². The van der Waals surface area contributed by atoms with E-state index in [1.165, 1.54) is 23.9 Å². The number of alkyl halides is 3. The van der Waals surface area contributed by atoms with E-state index in [1.54, 1.807) is 18.9 Å². The predicted molar refractivity (Wildman–Crippen MR) is 74.8 cm³/mol. The third-order valence-electron chi connectivity index (χ3n) is 3.31. The standard InChI is InChI=1S/C14H16F3NO2S/c1-9-12(19)18(7-8-20-2)13(21-9)10-3-5-11(6-4-10)14(15,16)17/h3-6,9,13H,7-8H2,1-2H3. The first-order valence-corrected chi connectivity index (χ1v) is 7.41. The summed E-state index contributed by atoms with van der Waals surface area (Å²) < 4.78 is 42.7. The number of carbonyl (C=O) groups excluding carboxylic acids is 1. The molecule has 0 N–H and O–H groups in total. The maximum atomic E-state index is 12.6. The molecule has 1 fully saturated rings. The number of halogens is 3. The van der Waals surface area contributed by atoms with Crippen molar-refractivity contribution < 1.29 is 22.7 Å². The maximum Gasteiger partial charge on any atom is 0.416 e. The van der Waals surface area contributed by atoms with Crippen LogP contribution in [-0.4, -0.2) is 36.3 Å². The fourth-order valence-corrected chi connectivity index (χ4v) is 3.50. The second kappa shape index (κ2) is 6.27. The minimum Gasteiger partial charge on any atom is -0.383 e. The second-order valence-electron chi connectivity index (χ2n) is 4.77. The van der Waals surface area contributed by atoms with Gasteiger partial charge in [0.1, 0.15) is 5.37 Å². The van der Waals surface area contributed by atoms with Crippen molar-refractivity contribution in [3.8, 4) is 0 Å². The normalized spacial score (nSPS) is 22.9. The number of hydrogen-bond donors (Lipinski definition) is 0. The van der Waals surface area contributed by atoms with Crippen molar-refractivity contribution in [3.63, 3.8) is 0 Å². The van der Waals surface area contributed by atoms with Gasteiger partial charge in [0.2, 0.25) is 5.91 Å². The van der Waals surface area contributed by atoms with Gasteiger partial charge in [-0.05, 0) is 24.6 Å². The van der Waals surface area contributed by atoms with Crippen LogP contribution in [0.1, 0.15) is 23.4 Å². The number of benzene rings is 1. The van der Waals surface area contributed by atoms with E-state index in [2.05, 4.69) is 0 Å². The number of ether oxygens (including phenoxy) is 1. The first-order valence-electron chi connectivity index (χ1n) is 6.46. The molecule has 0 aliphatic carbocycles. The monoisotopic (exact) mass is 319 g/mol. The summed E-state index contributed by atoms with van der Waals surface area (Å²) in [6.45, 7) is 2.63. The molecule has 0 radical (unpaired) electrons. The van der Waals surface area contributed by atoms with Crippen LogP contribution in [0.25, 0.3) is 0 Å². The van der Waals surface area contributed by atoms with Crippen LogP contribution >= 0.6 is 11.8 Å². The molecule has 1 aliphatic rings. The minimum absolute atomic E-state index is 0.0121. The lowest BCUT2D eigenvalue weighted by Crippen LogP contribution is -2.33. The van der Waals surface area contributed by atoms with E-state index in [4.69, 9.17) is 4.74 Å². The quantitative estimate of drug-likeness (QED) is 0.853. The van der Waals surface area contributed by atoms with Crippen LogP contribution in [0.15, 0.2) is 24.3 Å². The molecular formula is C14H16F3NO2S. The van der Waals surface area contributed by atoms with Gasteiger partial charge in [0.25, 0.3) is 0 Å². The molecule has 1 aromatic rings. The summed E-state index contributed by atoms with van der Waals surface area (Å²) in [5, 5.41) is -0.459. The van der Waals surface area contributed by atoms with Crippen LogP contribution in [0, 0.1) is 0 Å². The summed E-state index contributed by atoms with van der Waals surface area (Å²) in [5.41, 5.74) is 0.0128. The Labute approximate surface area is 125 Å².